The fourth-order valence-corrected chi connectivity index (χ4v) is 2.94. The van der Waals surface area contributed by atoms with Gasteiger partial charge in [-0.05, 0) is 35.7 Å². The summed E-state index contributed by atoms with van der Waals surface area (Å²) in [5.41, 5.74) is 12.2. The standard InChI is InChI=1S/C16H19N3OS/c1-11-2-7-14(17)15(8-11)21-10-13-5-3-12(4-6-13)9-16(20)19-18/h2-8H,9-10,17-18H2,1H3,(H,19,20). The number of nitrogens with two attached hydrogens (primary N) is 2. The van der Waals surface area contributed by atoms with Crippen LogP contribution in [0, 0.1) is 6.92 Å². The number of thioether (sulfide) groups is 1. The Bertz CT molecular complexity index is 626. The summed E-state index contributed by atoms with van der Waals surface area (Å²) in [6.07, 6.45) is 0.300. The van der Waals surface area contributed by atoms with Gasteiger partial charge in [-0.2, -0.15) is 0 Å². The fourth-order valence-electron chi connectivity index (χ4n) is 1.92. The molecule has 0 atom stereocenters. The third kappa shape index (κ3) is 4.51. The van der Waals surface area contributed by atoms with Crippen LogP contribution in [-0.2, 0) is 17.0 Å². The van der Waals surface area contributed by atoms with Crippen LogP contribution in [0.3, 0.4) is 0 Å². The third-order valence-corrected chi connectivity index (χ3v) is 4.25. The lowest BCUT2D eigenvalue weighted by atomic mass is 10.1. The molecule has 4 nitrogen and oxygen atoms in total. The first kappa shape index (κ1) is 15.4. The van der Waals surface area contributed by atoms with E-state index in [1.54, 1.807) is 11.8 Å². The Morgan fingerprint density at radius 3 is 2.48 bits per heavy atom. The Hall–Kier alpha value is -1.98. The average Bonchev–Trinajstić information content (AvgIpc) is 2.49. The van der Waals surface area contributed by atoms with Crippen LogP contribution >= 0.6 is 11.8 Å². The van der Waals surface area contributed by atoms with Crippen molar-refractivity contribution >= 4 is 23.4 Å². The van der Waals surface area contributed by atoms with E-state index in [9.17, 15) is 4.79 Å². The quantitative estimate of drug-likeness (QED) is 0.260. The smallest absolute Gasteiger partial charge is 0.238 e. The Labute approximate surface area is 128 Å². The van der Waals surface area contributed by atoms with Gasteiger partial charge >= 0.3 is 0 Å². The molecule has 5 heteroatoms. The van der Waals surface area contributed by atoms with Gasteiger partial charge in [-0.25, -0.2) is 5.84 Å². The van der Waals surface area contributed by atoms with Crippen LogP contribution in [0.5, 0.6) is 0 Å². The highest BCUT2D eigenvalue weighted by Crippen LogP contribution is 2.29. The molecule has 0 aromatic heterocycles. The molecule has 2 rings (SSSR count). The highest BCUT2D eigenvalue weighted by Gasteiger charge is 2.03. The number of benzene rings is 2. The number of hydrazine groups is 1. The Balaban J connectivity index is 1.97. The Morgan fingerprint density at radius 1 is 1.14 bits per heavy atom. The van der Waals surface area contributed by atoms with Crippen molar-refractivity contribution in [3.8, 4) is 0 Å². The van der Waals surface area contributed by atoms with E-state index in [1.807, 2.05) is 36.4 Å². The number of carbonyl (C=O) groups is 1. The monoisotopic (exact) mass is 301 g/mol. The lowest BCUT2D eigenvalue weighted by molar-refractivity contribution is -0.120. The molecule has 0 unspecified atom stereocenters. The summed E-state index contributed by atoms with van der Waals surface area (Å²) in [5.74, 6) is 5.73. The van der Waals surface area contributed by atoms with Crippen LogP contribution in [0.15, 0.2) is 47.4 Å². The summed E-state index contributed by atoms with van der Waals surface area (Å²) in [6.45, 7) is 2.06. The van der Waals surface area contributed by atoms with E-state index in [0.717, 1.165) is 21.9 Å². The van der Waals surface area contributed by atoms with E-state index >= 15 is 0 Å². The molecule has 1 amide bonds. The number of nitrogens with one attached hydrogen (secondary N) is 1. The molecular weight excluding hydrogens is 282 g/mol. The number of hydrogen-bond acceptors (Lipinski definition) is 4. The fraction of sp³-hybridized carbons (Fsp3) is 0.188. The van der Waals surface area contributed by atoms with Gasteiger partial charge in [0.25, 0.3) is 0 Å². The van der Waals surface area contributed by atoms with Crippen molar-refractivity contribution in [3.05, 3.63) is 59.2 Å². The van der Waals surface area contributed by atoms with Gasteiger partial charge in [0, 0.05) is 16.3 Å². The normalized spacial score (nSPS) is 10.4. The summed E-state index contributed by atoms with van der Waals surface area (Å²) < 4.78 is 0. The minimum absolute atomic E-state index is 0.190. The summed E-state index contributed by atoms with van der Waals surface area (Å²) in [4.78, 5) is 12.3. The Kier molecular flexibility index (Phi) is 5.25. The Morgan fingerprint density at radius 2 is 1.81 bits per heavy atom. The number of anilines is 1. The van der Waals surface area contributed by atoms with Gasteiger partial charge in [0.05, 0.1) is 6.42 Å². The summed E-state index contributed by atoms with van der Waals surface area (Å²) in [6, 6.07) is 14.0. The molecule has 110 valence electrons. The van der Waals surface area contributed by atoms with E-state index in [2.05, 4.69) is 18.4 Å². The van der Waals surface area contributed by atoms with Gasteiger partial charge in [0.15, 0.2) is 0 Å². The number of hydrogen-bond donors (Lipinski definition) is 3. The topological polar surface area (TPSA) is 81.1 Å². The molecule has 0 aliphatic carbocycles. The zero-order valence-corrected chi connectivity index (χ0v) is 12.7. The van der Waals surface area contributed by atoms with E-state index < -0.39 is 0 Å². The largest absolute Gasteiger partial charge is 0.398 e. The third-order valence-electron chi connectivity index (χ3n) is 3.11. The average molecular weight is 301 g/mol. The lowest BCUT2D eigenvalue weighted by Crippen LogP contribution is -2.31. The van der Waals surface area contributed by atoms with Gasteiger partial charge in [-0.3, -0.25) is 10.2 Å². The predicted molar refractivity (Wildman–Crippen MR) is 87.6 cm³/mol. The second-order valence-electron chi connectivity index (χ2n) is 4.89. The molecule has 0 aliphatic heterocycles. The van der Waals surface area contributed by atoms with Crippen LogP contribution < -0.4 is 17.0 Å². The minimum Gasteiger partial charge on any atom is -0.398 e. The zero-order chi connectivity index (χ0) is 15.2. The van der Waals surface area contributed by atoms with Gasteiger partial charge in [0.2, 0.25) is 5.91 Å². The number of rotatable bonds is 5. The molecule has 0 aliphatic rings. The van der Waals surface area contributed by atoms with E-state index in [0.29, 0.717) is 6.42 Å². The first-order chi connectivity index (χ1) is 10.1. The second-order valence-corrected chi connectivity index (χ2v) is 5.91. The first-order valence-electron chi connectivity index (χ1n) is 6.64. The molecule has 5 N–H and O–H groups in total. The molecule has 0 radical (unpaired) electrons. The number of carbonyl (C=O) groups excluding carboxylic acids is 1. The van der Waals surface area contributed by atoms with Crippen LogP contribution in [0.2, 0.25) is 0 Å². The minimum atomic E-state index is -0.190. The van der Waals surface area contributed by atoms with Crippen molar-refractivity contribution in [2.24, 2.45) is 5.84 Å². The van der Waals surface area contributed by atoms with Gasteiger partial charge in [-0.15, -0.1) is 11.8 Å². The highest BCUT2D eigenvalue weighted by atomic mass is 32.2. The molecule has 2 aromatic rings. The van der Waals surface area contributed by atoms with Crippen molar-refractivity contribution in [1.82, 2.24) is 5.43 Å². The van der Waals surface area contributed by atoms with E-state index in [4.69, 9.17) is 11.6 Å². The maximum absolute atomic E-state index is 11.2. The number of aryl methyl sites for hydroxylation is 1. The molecule has 0 bridgehead atoms. The van der Waals surface area contributed by atoms with Crippen molar-refractivity contribution in [1.29, 1.82) is 0 Å². The van der Waals surface area contributed by atoms with E-state index in [1.165, 1.54) is 11.1 Å². The molecule has 0 saturated heterocycles. The summed E-state index contributed by atoms with van der Waals surface area (Å²) in [7, 11) is 0. The van der Waals surface area contributed by atoms with Crippen LogP contribution in [0.1, 0.15) is 16.7 Å². The van der Waals surface area contributed by atoms with Gasteiger partial charge < -0.3 is 5.73 Å². The molecular formula is C16H19N3OS. The maximum Gasteiger partial charge on any atom is 0.238 e. The van der Waals surface area contributed by atoms with Gasteiger partial charge in [-0.1, -0.05) is 30.3 Å². The molecule has 0 fully saturated rings. The van der Waals surface area contributed by atoms with Crippen molar-refractivity contribution < 1.29 is 4.79 Å². The summed E-state index contributed by atoms with van der Waals surface area (Å²) >= 11 is 1.71. The van der Waals surface area contributed by atoms with Crippen LogP contribution in [0.25, 0.3) is 0 Å². The number of amides is 1. The van der Waals surface area contributed by atoms with Crippen molar-refractivity contribution in [2.75, 3.05) is 5.73 Å². The molecule has 21 heavy (non-hydrogen) atoms. The molecule has 2 aromatic carbocycles. The lowest BCUT2D eigenvalue weighted by Gasteiger charge is -2.07. The molecule has 0 heterocycles. The molecule has 0 spiro atoms. The van der Waals surface area contributed by atoms with Gasteiger partial charge in [0.1, 0.15) is 0 Å². The van der Waals surface area contributed by atoms with Crippen molar-refractivity contribution in [3.63, 3.8) is 0 Å². The van der Waals surface area contributed by atoms with E-state index in [-0.39, 0.29) is 5.91 Å². The zero-order valence-electron chi connectivity index (χ0n) is 11.9. The summed E-state index contributed by atoms with van der Waals surface area (Å²) in [5, 5.41) is 0. The SMILES string of the molecule is Cc1ccc(N)c(SCc2ccc(CC(=O)NN)cc2)c1. The van der Waals surface area contributed by atoms with Crippen molar-refractivity contribution in [2.45, 2.75) is 24.0 Å². The highest BCUT2D eigenvalue weighted by molar-refractivity contribution is 7.98. The number of nitrogen functional groups attached to an aromatic ring is 1. The molecule has 0 saturated carbocycles. The maximum atomic E-state index is 11.2. The first-order valence-corrected chi connectivity index (χ1v) is 7.63. The second kappa shape index (κ2) is 7.15. The van der Waals surface area contributed by atoms with Crippen LogP contribution in [0.4, 0.5) is 5.69 Å². The predicted octanol–water partition coefficient (Wildman–Crippen LogP) is 2.40. The van der Waals surface area contributed by atoms with Crippen LogP contribution in [-0.4, -0.2) is 5.91 Å².